The van der Waals surface area contributed by atoms with Crippen LogP contribution in [-0.4, -0.2) is 27.7 Å². The molecule has 6 heteroatoms. The highest BCUT2D eigenvalue weighted by molar-refractivity contribution is 7.89. The van der Waals surface area contributed by atoms with Crippen molar-refractivity contribution in [2.24, 2.45) is 0 Å². The van der Waals surface area contributed by atoms with Gasteiger partial charge in [-0.3, -0.25) is 0 Å². The van der Waals surface area contributed by atoms with Gasteiger partial charge in [0.1, 0.15) is 4.90 Å². The Hall–Kier alpha value is -1.11. The highest BCUT2D eigenvalue weighted by atomic mass is 32.2. The van der Waals surface area contributed by atoms with Crippen molar-refractivity contribution in [2.75, 3.05) is 18.9 Å². The Balaban J connectivity index is 2.01. The molecule has 1 aromatic rings. The molecule has 0 amide bonds. The summed E-state index contributed by atoms with van der Waals surface area (Å²) in [6.07, 6.45) is 3.00. The zero-order valence-electron chi connectivity index (χ0n) is 10.1. The molecule has 1 heterocycles. The molecule has 2 rings (SSSR count). The van der Waals surface area contributed by atoms with E-state index >= 15 is 0 Å². The summed E-state index contributed by atoms with van der Waals surface area (Å²) in [5, 5.41) is 0. The smallest absolute Gasteiger partial charge is 0.242 e. The van der Waals surface area contributed by atoms with Gasteiger partial charge >= 0.3 is 0 Å². The summed E-state index contributed by atoms with van der Waals surface area (Å²) >= 11 is 0. The molecule has 0 bridgehead atoms. The third-order valence-electron chi connectivity index (χ3n) is 2.98. The quantitative estimate of drug-likeness (QED) is 0.803. The van der Waals surface area contributed by atoms with Crippen LogP contribution in [0.2, 0.25) is 0 Å². The maximum absolute atomic E-state index is 12.0. The van der Waals surface area contributed by atoms with Gasteiger partial charge in [0, 0.05) is 13.2 Å². The Morgan fingerprint density at radius 1 is 1.33 bits per heavy atom. The summed E-state index contributed by atoms with van der Waals surface area (Å²) in [5.41, 5.74) is 5.92. The number of nitrogen functional groups attached to an aromatic ring is 1. The van der Waals surface area contributed by atoms with Gasteiger partial charge in [-0.1, -0.05) is 12.1 Å². The molecular formula is C12H18N2O3S. The van der Waals surface area contributed by atoms with Crippen LogP contribution in [0.4, 0.5) is 5.69 Å². The van der Waals surface area contributed by atoms with Gasteiger partial charge < -0.3 is 10.5 Å². The van der Waals surface area contributed by atoms with Gasteiger partial charge in [-0.05, 0) is 31.4 Å². The number of rotatable bonds is 4. The molecular weight excluding hydrogens is 252 g/mol. The first-order chi connectivity index (χ1) is 8.59. The van der Waals surface area contributed by atoms with Gasteiger partial charge in [0.2, 0.25) is 10.0 Å². The molecule has 18 heavy (non-hydrogen) atoms. The monoisotopic (exact) mass is 270 g/mol. The van der Waals surface area contributed by atoms with E-state index in [1.165, 1.54) is 6.07 Å². The number of sulfonamides is 1. The van der Waals surface area contributed by atoms with Gasteiger partial charge in [-0.2, -0.15) is 0 Å². The predicted octanol–water partition coefficient (Wildman–Crippen LogP) is 1.12. The van der Waals surface area contributed by atoms with Crippen molar-refractivity contribution in [3.8, 4) is 0 Å². The van der Waals surface area contributed by atoms with Crippen LogP contribution in [0, 0.1) is 0 Å². The number of hydrogen-bond donors (Lipinski definition) is 2. The second-order valence-corrected chi connectivity index (χ2v) is 6.11. The van der Waals surface area contributed by atoms with Gasteiger partial charge in [0.05, 0.1) is 11.8 Å². The number of hydrogen-bond acceptors (Lipinski definition) is 4. The lowest BCUT2D eigenvalue weighted by molar-refractivity contribution is 0.0200. The van der Waals surface area contributed by atoms with E-state index < -0.39 is 10.0 Å². The van der Waals surface area contributed by atoms with Crippen molar-refractivity contribution in [3.63, 3.8) is 0 Å². The second kappa shape index (κ2) is 5.69. The minimum atomic E-state index is -3.55. The first kappa shape index (κ1) is 13.3. The van der Waals surface area contributed by atoms with Crippen LogP contribution >= 0.6 is 0 Å². The Kier molecular flexibility index (Phi) is 4.21. The summed E-state index contributed by atoms with van der Waals surface area (Å²) in [4.78, 5) is 0.126. The van der Waals surface area contributed by atoms with Gasteiger partial charge in [-0.15, -0.1) is 0 Å². The van der Waals surface area contributed by atoms with Crippen molar-refractivity contribution in [3.05, 3.63) is 24.3 Å². The van der Waals surface area contributed by atoms with Crippen LogP contribution in [0.15, 0.2) is 29.2 Å². The largest absolute Gasteiger partial charge is 0.398 e. The fourth-order valence-electron chi connectivity index (χ4n) is 1.97. The zero-order valence-corrected chi connectivity index (χ0v) is 10.9. The molecule has 1 atom stereocenters. The minimum Gasteiger partial charge on any atom is -0.398 e. The summed E-state index contributed by atoms with van der Waals surface area (Å²) in [6, 6.07) is 6.44. The van der Waals surface area contributed by atoms with Crippen molar-refractivity contribution in [2.45, 2.75) is 30.3 Å². The fourth-order valence-corrected chi connectivity index (χ4v) is 3.17. The van der Waals surface area contributed by atoms with Crippen molar-refractivity contribution in [1.29, 1.82) is 0 Å². The topological polar surface area (TPSA) is 81.4 Å². The third kappa shape index (κ3) is 3.22. The number of nitrogens with two attached hydrogens (primary N) is 1. The van der Waals surface area contributed by atoms with Gasteiger partial charge in [-0.25, -0.2) is 13.1 Å². The summed E-state index contributed by atoms with van der Waals surface area (Å²) in [6.45, 7) is 1.01. The van der Waals surface area contributed by atoms with E-state index in [-0.39, 0.29) is 16.7 Å². The van der Waals surface area contributed by atoms with Crippen molar-refractivity contribution >= 4 is 15.7 Å². The highest BCUT2D eigenvalue weighted by Gasteiger charge is 2.20. The Bertz CT molecular complexity index is 496. The molecule has 1 aliphatic rings. The molecule has 0 saturated carbocycles. The summed E-state index contributed by atoms with van der Waals surface area (Å²) < 4.78 is 32.1. The Morgan fingerprint density at radius 3 is 2.78 bits per heavy atom. The number of ether oxygens (including phenoxy) is 1. The van der Waals surface area contributed by atoms with Crippen molar-refractivity contribution in [1.82, 2.24) is 4.72 Å². The van der Waals surface area contributed by atoms with Crippen LogP contribution in [0.5, 0.6) is 0 Å². The standard InChI is InChI=1S/C12H18N2O3S/c13-11-6-1-2-7-12(11)18(15,16)14-9-10-5-3-4-8-17-10/h1-2,6-7,10,14H,3-5,8-9,13H2. The lowest BCUT2D eigenvalue weighted by atomic mass is 10.1. The average molecular weight is 270 g/mol. The Morgan fingerprint density at radius 2 is 2.11 bits per heavy atom. The second-order valence-electron chi connectivity index (χ2n) is 4.38. The van der Waals surface area contributed by atoms with Crippen LogP contribution in [0.3, 0.4) is 0 Å². The SMILES string of the molecule is Nc1ccccc1S(=O)(=O)NCC1CCCCO1. The molecule has 1 aliphatic heterocycles. The zero-order chi connectivity index (χ0) is 13.0. The van der Waals surface area contributed by atoms with E-state index in [4.69, 9.17) is 10.5 Å². The maximum Gasteiger partial charge on any atom is 0.242 e. The van der Waals surface area contributed by atoms with E-state index in [2.05, 4.69) is 4.72 Å². The lowest BCUT2D eigenvalue weighted by Crippen LogP contribution is -2.35. The molecule has 1 aromatic carbocycles. The predicted molar refractivity (Wildman–Crippen MR) is 69.6 cm³/mol. The molecule has 0 aliphatic carbocycles. The number of nitrogens with one attached hydrogen (secondary N) is 1. The minimum absolute atomic E-state index is 0.0292. The first-order valence-corrected chi connectivity index (χ1v) is 7.54. The molecule has 5 nitrogen and oxygen atoms in total. The maximum atomic E-state index is 12.0. The van der Waals surface area contributed by atoms with E-state index in [0.29, 0.717) is 13.2 Å². The molecule has 100 valence electrons. The van der Waals surface area contributed by atoms with Crippen LogP contribution in [0.25, 0.3) is 0 Å². The number of anilines is 1. The fraction of sp³-hybridized carbons (Fsp3) is 0.500. The molecule has 1 saturated heterocycles. The van der Waals surface area contributed by atoms with Crippen LogP contribution in [0.1, 0.15) is 19.3 Å². The molecule has 0 spiro atoms. The van der Waals surface area contributed by atoms with E-state index in [0.717, 1.165) is 19.3 Å². The molecule has 1 unspecified atom stereocenters. The summed E-state index contributed by atoms with van der Waals surface area (Å²) in [7, 11) is -3.55. The van der Waals surface area contributed by atoms with E-state index in [1.54, 1.807) is 18.2 Å². The first-order valence-electron chi connectivity index (χ1n) is 6.05. The summed E-state index contributed by atoms with van der Waals surface area (Å²) in [5.74, 6) is 0. The van der Waals surface area contributed by atoms with Gasteiger partial charge in [0.25, 0.3) is 0 Å². The molecule has 0 aromatic heterocycles. The molecule has 0 radical (unpaired) electrons. The third-order valence-corrected chi connectivity index (χ3v) is 4.48. The lowest BCUT2D eigenvalue weighted by Gasteiger charge is -2.22. The van der Waals surface area contributed by atoms with Crippen LogP contribution < -0.4 is 10.5 Å². The average Bonchev–Trinajstić information content (AvgIpc) is 2.38. The molecule has 3 N–H and O–H groups in total. The molecule has 1 fully saturated rings. The van der Waals surface area contributed by atoms with Gasteiger partial charge in [0.15, 0.2) is 0 Å². The van der Waals surface area contributed by atoms with E-state index in [1.807, 2.05) is 0 Å². The highest BCUT2D eigenvalue weighted by Crippen LogP contribution is 2.18. The van der Waals surface area contributed by atoms with E-state index in [9.17, 15) is 8.42 Å². The Labute approximate surface area is 107 Å². The number of benzene rings is 1. The number of para-hydroxylation sites is 1. The normalized spacial score (nSPS) is 20.8. The van der Waals surface area contributed by atoms with Crippen LogP contribution in [-0.2, 0) is 14.8 Å². The van der Waals surface area contributed by atoms with Crippen molar-refractivity contribution < 1.29 is 13.2 Å².